The molecule has 1 aliphatic carbocycles. The zero-order valence-electron chi connectivity index (χ0n) is 30.5. The Kier molecular flexibility index (Phi) is 7.56. The van der Waals surface area contributed by atoms with Crippen LogP contribution < -0.4 is 4.90 Å². The second-order valence-electron chi connectivity index (χ2n) is 15.0. The van der Waals surface area contributed by atoms with Crippen LogP contribution in [0.1, 0.15) is 25.0 Å². The summed E-state index contributed by atoms with van der Waals surface area (Å²) < 4.78 is 0. The zero-order valence-corrected chi connectivity index (χ0v) is 30.5. The van der Waals surface area contributed by atoms with Gasteiger partial charge in [-0.05, 0) is 126 Å². The summed E-state index contributed by atoms with van der Waals surface area (Å²) in [6, 6.07) is 73.5. The van der Waals surface area contributed by atoms with Gasteiger partial charge in [0, 0.05) is 22.5 Å². The number of nitrogens with zero attached hydrogens (tertiary/aromatic N) is 1. The molecule has 0 atom stereocenters. The highest BCUT2D eigenvalue weighted by Gasteiger charge is 2.37. The Morgan fingerprint density at radius 1 is 0.315 bits per heavy atom. The molecule has 0 bridgehead atoms. The zero-order chi connectivity index (χ0) is 36.2. The molecule has 10 rings (SSSR count). The van der Waals surface area contributed by atoms with E-state index in [9.17, 15) is 0 Å². The molecule has 0 aromatic heterocycles. The van der Waals surface area contributed by atoms with E-state index < -0.39 is 0 Å². The summed E-state index contributed by atoms with van der Waals surface area (Å²) in [6.45, 7) is 4.75. The SMILES string of the molecule is CC1(C)c2cc(N(c3cccc(-c4cc5ccccc5cc4-c4ccccc4)c3)c3ccc4ccccc4c3)ccc2-c2c(-c3ccccc3)cccc21. The fourth-order valence-electron chi connectivity index (χ4n) is 8.68. The van der Waals surface area contributed by atoms with Crippen LogP contribution in [0, 0.1) is 0 Å². The lowest BCUT2D eigenvalue weighted by molar-refractivity contribution is 0.660. The standard InChI is InChI=1S/C53H39N/c1-53(2)50-26-14-25-46(37-16-5-3-6-17-37)52(50)47-30-29-45(35-51(47)53)54(44-28-27-36-15-9-10-20-39(36)31-44)43-24-13-23-42(32-43)49-34-41-22-12-11-21-40(41)33-48(49)38-18-7-4-8-19-38/h3-35H,1-2H3. The second kappa shape index (κ2) is 12.8. The van der Waals surface area contributed by atoms with Gasteiger partial charge in [0.25, 0.3) is 0 Å². The van der Waals surface area contributed by atoms with Crippen molar-refractivity contribution in [3.05, 3.63) is 211 Å². The first-order valence-corrected chi connectivity index (χ1v) is 18.8. The molecule has 0 saturated heterocycles. The van der Waals surface area contributed by atoms with Crippen LogP contribution in [0.15, 0.2) is 200 Å². The molecule has 256 valence electrons. The summed E-state index contributed by atoms with van der Waals surface area (Å²) in [6.07, 6.45) is 0. The highest BCUT2D eigenvalue weighted by atomic mass is 15.1. The van der Waals surface area contributed by atoms with Crippen LogP contribution in [0.5, 0.6) is 0 Å². The number of hydrogen-bond donors (Lipinski definition) is 0. The van der Waals surface area contributed by atoms with Crippen molar-refractivity contribution in [2.24, 2.45) is 0 Å². The van der Waals surface area contributed by atoms with Crippen molar-refractivity contribution in [2.45, 2.75) is 19.3 Å². The quantitative estimate of drug-likeness (QED) is 0.168. The monoisotopic (exact) mass is 689 g/mol. The van der Waals surface area contributed by atoms with E-state index in [-0.39, 0.29) is 5.41 Å². The van der Waals surface area contributed by atoms with Gasteiger partial charge in [0.05, 0.1) is 0 Å². The van der Waals surface area contributed by atoms with E-state index >= 15 is 0 Å². The number of hydrogen-bond acceptors (Lipinski definition) is 1. The van der Waals surface area contributed by atoms with Gasteiger partial charge in [-0.15, -0.1) is 0 Å². The largest absolute Gasteiger partial charge is 0.310 e. The average molecular weight is 690 g/mol. The molecule has 1 nitrogen and oxygen atoms in total. The molecule has 0 aliphatic heterocycles. The fraction of sp³-hybridized carbons (Fsp3) is 0.0566. The maximum atomic E-state index is 2.44. The van der Waals surface area contributed by atoms with Crippen molar-refractivity contribution in [3.63, 3.8) is 0 Å². The lowest BCUT2D eigenvalue weighted by Crippen LogP contribution is -2.16. The maximum Gasteiger partial charge on any atom is 0.0468 e. The van der Waals surface area contributed by atoms with Gasteiger partial charge in [-0.1, -0.05) is 166 Å². The smallest absolute Gasteiger partial charge is 0.0468 e. The van der Waals surface area contributed by atoms with E-state index in [4.69, 9.17) is 0 Å². The van der Waals surface area contributed by atoms with E-state index in [2.05, 4.69) is 219 Å². The molecule has 54 heavy (non-hydrogen) atoms. The Hall–Kier alpha value is -6.70. The van der Waals surface area contributed by atoms with Crippen LogP contribution in [-0.4, -0.2) is 0 Å². The first-order chi connectivity index (χ1) is 26.5. The summed E-state index contributed by atoms with van der Waals surface area (Å²) in [5.74, 6) is 0. The lowest BCUT2D eigenvalue weighted by atomic mass is 9.81. The van der Waals surface area contributed by atoms with Crippen LogP contribution in [0.25, 0.3) is 66.1 Å². The molecule has 0 fully saturated rings. The number of anilines is 3. The van der Waals surface area contributed by atoms with Gasteiger partial charge >= 0.3 is 0 Å². The van der Waals surface area contributed by atoms with Crippen molar-refractivity contribution in [1.29, 1.82) is 0 Å². The number of rotatable bonds is 6. The van der Waals surface area contributed by atoms with Gasteiger partial charge < -0.3 is 4.90 Å². The maximum absolute atomic E-state index is 2.44. The summed E-state index contributed by atoms with van der Waals surface area (Å²) in [5.41, 5.74) is 16.0. The topological polar surface area (TPSA) is 3.24 Å². The van der Waals surface area contributed by atoms with Gasteiger partial charge in [0.15, 0.2) is 0 Å². The van der Waals surface area contributed by atoms with Crippen LogP contribution in [0.3, 0.4) is 0 Å². The number of fused-ring (bicyclic) bond motifs is 5. The summed E-state index contributed by atoms with van der Waals surface area (Å²) in [4.78, 5) is 2.44. The minimum absolute atomic E-state index is 0.169. The van der Waals surface area contributed by atoms with Crippen molar-refractivity contribution in [3.8, 4) is 44.5 Å². The minimum Gasteiger partial charge on any atom is -0.310 e. The van der Waals surface area contributed by atoms with Crippen LogP contribution in [0.2, 0.25) is 0 Å². The second-order valence-corrected chi connectivity index (χ2v) is 15.0. The Balaban J connectivity index is 1.17. The van der Waals surface area contributed by atoms with Gasteiger partial charge in [0.1, 0.15) is 0 Å². The molecule has 1 aliphatic rings. The molecule has 9 aromatic carbocycles. The molecule has 1 heteroatoms. The van der Waals surface area contributed by atoms with Gasteiger partial charge in [-0.2, -0.15) is 0 Å². The van der Waals surface area contributed by atoms with Crippen LogP contribution in [-0.2, 0) is 5.41 Å². The van der Waals surface area contributed by atoms with E-state index in [0.29, 0.717) is 0 Å². The first kappa shape index (κ1) is 32.0. The molecule has 9 aromatic rings. The van der Waals surface area contributed by atoms with Crippen LogP contribution in [0.4, 0.5) is 17.1 Å². The van der Waals surface area contributed by atoms with E-state index in [1.807, 2.05) is 0 Å². The molecule has 0 heterocycles. The predicted molar refractivity (Wildman–Crippen MR) is 230 cm³/mol. The fourth-order valence-corrected chi connectivity index (χ4v) is 8.68. The van der Waals surface area contributed by atoms with Crippen molar-refractivity contribution >= 4 is 38.6 Å². The van der Waals surface area contributed by atoms with E-state index in [1.165, 1.54) is 77.2 Å². The molecule has 0 radical (unpaired) electrons. The third kappa shape index (κ3) is 5.32. The summed E-state index contributed by atoms with van der Waals surface area (Å²) >= 11 is 0. The molecular weight excluding hydrogens is 651 g/mol. The normalized spacial score (nSPS) is 12.8. The van der Waals surface area contributed by atoms with E-state index in [0.717, 1.165) is 17.1 Å². The lowest BCUT2D eigenvalue weighted by Gasteiger charge is -2.29. The Bertz CT molecular complexity index is 2850. The molecule has 0 amide bonds. The van der Waals surface area contributed by atoms with Crippen molar-refractivity contribution in [2.75, 3.05) is 4.90 Å². The van der Waals surface area contributed by atoms with Crippen molar-refractivity contribution in [1.82, 2.24) is 0 Å². The van der Waals surface area contributed by atoms with E-state index in [1.54, 1.807) is 0 Å². The van der Waals surface area contributed by atoms with Gasteiger partial charge in [-0.25, -0.2) is 0 Å². The molecule has 0 spiro atoms. The summed E-state index contributed by atoms with van der Waals surface area (Å²) in [5, 5.41) is 4.93. The summed E-state index contributed by atoms with van der Waals surface area (Å²) in [7, 11) is 0. The highest BCUT2D eigenvalue weighted by Crippen LogP contribution is 2.54. The molecule has 0 N–H and O–H groups in total. The molecular formula is C53H39N. The minimum atomic E-state index is -0.169. The Morgan fingerprint density at radius 3 is 1.54 bits per heavy atom. The molecule has 0 saturated carbocycles. The Morgan fingerprint density at radius 2 is 0.833 bits per heavy atom. The average Bonchev–Trinajstić information content (AvgIpc) is 3.46. The number of benzene rings is 9. The van der Waals surface area contributed by atoms with Gasteiger partial charge in [0.2, 0.25) is 0 Å². The first-order valence-electron chi connectivity index (χ1n) is 18.8. The Labute approximate surface area is 317 Å². The van der Waals surface area contributed by atoms with Crippen molar-refractivity contribution < 1.29 is 0 Å². The molecule has 0 unspecified atom stereocenters. The van der Waals surface area contributed by atoms with Crippen LogP contribution >= 0.6 is 0 Å². The highest BCUT2D eigenvalue weighted by molar-refractivity contribution is 5.98. The third-order valence-electron chi connectivity index (χ3n) is 11.4. The predicted octanol–water partition coefficient (Wildman–Crippen LogP) is 14.8. The van der Waals surface area contributed by atoms with Gasteiger partial charge in [-0.3, -0.25) is 0 Å². The third-order valence-corrected chi connectivity index (χ3v) is 11.4.